The average Bonchev–Trinajstić information content (AvgIpc) is 3.33. The van der Waals surface area contributed by atoms with E-state index >= 15 is 0 Å². The number of benzene rings is 3. The number of ketones is 1. The van der Waals surface area contributed by atoms with Crippen LogP contribution >= 0.6 is 0 Å². The summed E-state index contributed by atoms with van der Waals surface area (Å²) < 4.78 is 28.1. The Bertz CT molecular complexity index is 1190. The summed E-state index contributed by atoms with van der Waals surface area (Å²) in [5, 5.41) is 0. The van der Waals surface area contributed by atoms with Gasteiger partial charge in [-0.3, -0.25) is 9.59 Å². The van der Waals surface area contributed by atoms with E-state index in [1.165, 1.54) is 18.2 Å². The minimum atomic E-state index is -1.01. The number of halogens is 2. The Morgan fingerprint density at radius 3 is 2.34 bits per heavy atom. The van der Waals surface area contributed by atoms with Crippen molar-refractivity contribution < 1.29 is 18.4 Å². The summed E-state index contributed by atoms with van der Waals surface area (Å²) in [6, 6.07) is 20.2. The van der Waals surface area contributed by atoms with Crippen LogP contribution in [-0.4, -0.2) is 11.7 Å². The molecule has 0 N–H and O–H groups in total. The van der Waals surface area contributed by atoms with Crippen molar-refractivity contribution in [1.82, 2.24) is 0 Å². The lowest BCUT2D eigenvalue weighted by Gasteiger charge is -2.35. The van der Waals surface area contributed by atoms with Gasteiger partial charge in [-0.25, -0.2) is 8.78 Å². The van der Waals surface area contributed by atoms with Crippen LogP contribution in [0.4, 0.5) is 14.5 Å². The molecular formula is C27H23F2NO2. The van der Waals surface area contributed by atoms with Gasteiger partial charge in [0.05, 0.1) is 12.0 Å². The predicted octanol–water partition coefficient (Wildman–Crippen LogP) is 5.36. The van der Waals surface area contributed by atoms with Crippen LogP contribution in [0.25, 0.3) is 0 Å². The Morgan fingerprint density at radius 2 is 1.62 bits per heavy atom. The number of fused-ring (bicyclic) bond motifs is 1. The van der Waals surface area contributed by atoms with Crippen LogP contribution in [-0.2, 0) is 28.0 Å². The molecule has 162 valence electrons. The molecule has 0 aromatic heterocycles. The molecule has 0 unspecified atom stereocenters. The first-order valence-electron chi connectivity index (χ1n) is 10.9. The maximum Gasteiger partial charge on any atom is 0.238 e. The van der Waals surface area contributed by atoms with Gasteiger partial charge in [-0.15, -0.1) is 0 Å². The lowest BCUT2D eigenvalue weighted by molar-refractivity contribution is -0.125. The smallest absolute Gasteiger partial charge is 0.238 e. The molecule has 1 aliphatic heterocycles. The third kappa shape index (κ3) is 3.32. The lowest BCUT2D eigenvalue weighted by Crippen LogP contribution is -2.46. The van der Waals surface area contributed by atoms with Gasteiger partial charge in [0.2, 0.25) is 5.91 Å². The van der Waals surface area contributed by atoms with Gasteiger partial charge in [-0.1, -0.05) is 48.5 Å². The van der Waals surface area contributed by atoms with Crippen LogP contribution in [0.15, 0.2) is 72.8 Å². The molecule has 1 heterocycles. The highest BCUT2D eigenvalue weighted by atomic mass is 19.1. The summed E-state index contributed by atoms with van der Waals surface area (Å²) in [5.74, 6) is -0.851. The molecule has 3 aromatic carbocycles. The van der Waals surface area contributed by atoms with Crippen molar-refractivity contribution in [3.8, 4) is 0 Å². The molecule has 1 aliphatic carbocycles. The molecule has 3 aromatic rings. The van der Waals surface area contributed by atoms with Crippen LogP contribution in [0.3, 0.4) is 0 Å². The second kappa shape index (κ2) is 7.97. The monoisotopic (exact) mass is 431 g/mol. The van der Waals surface area contributed by atoms with E-state index in [1.54, 1.807) is 35.2 Å². The zero-order valence-corrected chi connectivity index (χ0v) is 17.6. The lowest BCUT2D eigenvalue weighted by atomic mass is 9.66. The quantitative estimate of drug-likeness (QED) is 0.545. The van der Waals surface area contributed by atoms with Crippen LogP contribution < -0.4 is 4.90 Å². The van der Waals surface area contributed by atoms with Crippen molar-refractivity contribution in [2.45, 2.75) is 37.6 Å². The van der Waals surface area contributed by atoms with Crippen molar-refractivity contribution in [3.05, 3.63) is 101 Å². The minimum absolute atomic E-state index is 0.119. The molecule has 2 aliphatic rings. The fraction of sp³-hybridized carbons (Fsp3) is 0.259. The summed E-state index contributed by atoms with van der Waals surface area (Å²) in [6.07, 6.45) is 1.57. The van der Waals surface area contributed by atoms with E-state index in [2.05, 4.69) is 0 Å². The number of hydrogen-bond donors (Lipinski definition) is 0. The van der Waals surface area contributed by atoms with Crippen LogP contribution in [0.2, 0.25) is 0 Å². The number of carbonyl (C=O) groups excluding carboxylic acids is 2. The molecule has 1 saturated carbocycles. The second-order valence-electron chi connectivity index (χ2n) is 8.75. The Hall–Kier alpha value is -3.34. The topological polar surface area (TPSA) is 37.4 Å². The number of nitrogens with zero attached hydrogens (tertiary/aromatic N) is 1. The van der Waals surface area contributed by atoms with E-state index in [0.29, 0.717) is 24.8 Å². The zero-order valence-electron chi connectivity index (χ0n) is 17.6. The molecule has 3 nitrogen and oxygen atoms in total. The molecule has 1 fully saturated rings. The summed E-state index contributed by atoms with van der Waals surface area (Å²) in [7, 11) is 0. The molecule has 5 rings (SSSR count). The molecule has 32 heavy (non-hydrogen) atoms. The van der Waals surface area contributed by atoms with E-state index in [9.17, 15) is 18.4 Å². The number of carbonyl (C=O) groups is 2. The number of Topliss-reactive ketones (excluding diaryl/α,β-unsaturated/α-hetero) is 1. The number of rotatable bonds is 5. The standard InChI is InChI=1S/C27H23F2NO2/c28-21-12-9-18(10-13-21)17-30-25-8-4-2-6-23(25)27(26(30)32,20-11-14-22(31)15-20)16-19-5-1-3-7-24(19)29/h1-10,12-13,20H,11,14-17H2/t20-,27-/m0/s1. The molecule has 2 atom stereocenters. The van der Waals surface area contributed by atoms with Gasteiger partial charge in [0, 0.05) is 18.5 Å². The van der Waals surface area contributed by atoms with Gasteiger partial charge in [0.25, 0.3) is 0 Å². The largest absolute Gasteiger partial charge is 0.307 e. The highest BCUT2D eigenvalue weighted by Crippen LogP contribution is 2.52. The maximum atomic E-state index is 14.7. The van der Waals surface area contributed by atoms with Crippen molar-refractivity contribution in [2.75, 3.05) is 4.90 Å². The van der Waals surface area contributed by atoms with Gasteiger partial charge in [0.15, 0.2) is 0 Å². The van der Waals surface area contributed by atoms with Gasteiger partial charge in [-0.2, -0.15) is 0 Å². The highest BCUT2D eigenvalue weighted by Gasteiger charge is 2.56. The third-order valence-electron chi connectivity index (χ3n) is 6.93. The Labute approximate surface area is 185 Å². The fourth-order valence-electron chi connectivity index (χ4n) is 5.37. The average molecular weight is 431 g/mol. The van der Waals surface area contributed by atoms with E-state index in [4.69, 9.17) is 0 Å². The van der Waals surface area contributed by atoms with Gasteiger partial charge >= 0.3 is 0 Å². The van der Waals surface area contributed by atoms with E-state index in [-0.39, 0.29) is 42.2 Å². The Morgan fingerprint density at radius 1 is 0.906 bits per heavy atom. The molecule has 5 heteroatoms. The van der Waals surface area contributed by atoms with Gasteiger partial charge < -0.3 is 4.90 Å². The molecule has 0 spiro atoms. The number of amides is 1. The predicted molar refractivity (Wildman–Crippen MR) is 118 cm³/mol. The molecule has 0 bridgehead atoms. The van der Waals surface area contributed by atoms with Crippen molar-refractivity contribution in [2.24, 2.45) is 5.92 Å². The fourth-order valence-corrected chi connectivity index (χ4v) is 5.37. The molecule has 0 radical (unpaired) electrons. The Kier molecular flexibility index (Phi) is 5.12. The first-order chi connectivity index (χ1) is 15.5. The van der Waals surface area contributed by atoms with E-state index in [0.717, 1.165) is 16.8 Å². The van der Waals surface area contributed by atoms with Crippen LogP contribution in [0.1, 0.15) is 36.0 Å². The summed E-state index contributed by atoms with van der Waals surface area (Å²) in [6.45, 7) is 0.288. The second-order valence-corrected chi connectivity index (χ2v) is 8.75. The molecule has 1 amide bonds. The van der Waals surface area contributed by atoms with E-state index < -0.39 is 5.41 Å². The Balaban J connectivity index is 1.63. The highest BCUT2D eigenvalue weighted by molar-refractivity contribution is 6.09. The number of para-hydroxylation sites is 1. The maximum absolute atomic E-state index is 14.7. The van der Waals surface area contributed by atoms with Gasteiger partial charge in [0.1, 0.15) is 17.4 Å². The van der Waals surface area contributed by atoms with Crippen LogP contribution in [0.5, 0.6) is 0 Å². The SMILES string of the molecule is O=C1CC[C@H]([C@]2(Cc3ccccc3F)C(=O)N(Cc3ccc(F)cc3)c3ccccc32)C1. The normalized spacial score (nSPS) is 22.4. The molecular weight excluding hydrogens is 408 g/mol. The first-order valence-corrected chi connectivity index (χ1v) is 10.9. The van der Waals surface area contributed by atoms with E-state index in [1.807, 2.05) is 24.3 Å². The summed E-state index contributed by atoms with van der Waals surface area (Å²) >= 11 is 0. The molecule has 0 saturated heterocycles. The number of hydrogen-bond acceptors (Lipinski definition) is 2. The first kappa shape index (κ1) is 20.6. The third-order valence-corrected chi connectivity index (χ3v) is 6.93. The van der Waals surface area contributed by atoms with Crippen molar-refractivity contribution in [3.63, 3.8) is 0 Å². The zero-order chi connectivity index (χ0) is 22.3. The summed E-state index contributed by atoms with van der Waals surface area (Å²) in [5.41, 5.74) is 1.88. The minimum Gasteiger partial charge on any atom is -0.307 e. The van der Waals surface area contributed by atoms with Crippen LogP contribution in [0, 0.1) is 17.6 Å². The number of anilines is 1. The van der Waals surface area contributed by atoms with Gasteiger partial charge in [-0.05, 0) is 59.7 Å². The van der Waals surface area contributed by atoms with Crippen molar-refractivity contribution in [1.29, 1.82) is 0 Å². The van der Waals surface area contributed by atoms with Crippen molar-refractivity contribution >= 4 is 17.4 Å². The summed E-state index contributed by atoms with van der Waals surface area (Å²) in [4.78, 5) is 28.2.